The molecule has 0 bridgehead atoms. The SMILES string of the molecule is CN1CC(NC(=O)CC2CS(=O)(=O)CCN2)CCC1=O. The molecule has 2 heterocycles. The Morgan fingerprint density at radius 3 is 2.90 bits per heavy atom. The fraction of sp³-hybridized carbons (Fsp3) is 0.833. The minimum Gasteiger partial charge on any atom is -0.352 e. The van der Waals surface area contributed by atoms with Crippen LogP contribution in [-0.4, -0.2) is 68.9 Å². The molecule has 2 aliphatic heterocycles. The summed E-state index contributed by atoms with van der Waals surface area (Å²) in [5, 5.41) is 5.93. The van der Waals surface area contributed by atoms with E-state index in [1.807, 2.05) is 0 Å². The van der Waals surface area contributed by atoms with Crippen molar-refractivity contribution in [3.05, 3.63) is 0 Å². The molecule has 2 amide bonds. The molecule has 0 spiro atoms. The molecule has 0 aromatic carbocycles. The number of nitrogens with one attached hydrogen (secondary N) is 2. The number of likely N-dealkylation sites (tertiary alicyclic amines) is 1. The first-order chi connectivity index (χ1) is 9.35. The normalized spacial score (nSPS) is 30.1. The second-order valence-electron chi connectivity index (χ2n) is 5.55. The summed E-state index contributed by atoms with van der Waals surface area (Å²) in [4.78, 5) is 24.9. The van der Waals surface area contributed by atoms with Crippen LogP contribution < -0.4 is 10.6 Å². The van der Waals surface area contributed by atoms with Gasteiger partial charge in [0.25, 0.3) is 0 Å². The number of sulfone groups is 1. The van der Waals surface area contributed by atoms with Crippen LogP contribution in [0, 0.1) is 0 Å². The van der Waals surface area contributed by atoms with Crippen molar-refractivity contribution < 1.29 is 18.0 Å². The van der Waals surface area contributed by atoms with E-state index in [2.05, 4.69) is 10.6 Å². The Bertz CT molecular complexity index is 491. The second-order valence-corrected chi connectivity index (χ2v) is 7.78. The Kier molecular flexibility index (Phi) is 4.64. The largest absolute Gasteiger partial charge is 0.352 e. The van der Waals surface area contributed by atoms with Crippen molar-refractivity contribution in [2.45, 2.75) is 31.3 Å². The van der Waals surface area contributed by atoms with Gasteiger partial charge in [0.05, 0.1) is 11.5 Å². The molecule has 7 nitrogen and oxygen atoms in total. The summed E-state index contributed by atoms with van der Waals surface area (Å²) in [7, 11) is -1.30. The molecule has 2 fully saturated rings. The number of nitrogens with zero attached hydrogens (tertiary/aromatic N) is 1. The van der Waals surface area contributed by atoms with Gasteiger partial charge in [-0.2, -0.15) is 0 Å². The lowest BCUT2D eigenvalue weighted by molar-refractivity contribution is -0.134. The number of carbonyl (C=O) groups excluding carboxylic acids is 2. The number of hydrogen-bond donors (Lipinski definition) is 2. The summed E-state index contributed by atoms with van der Waals surface area (Å²) < 4.78 is 23.0. The highest BCUT2D eigenvalue weighted by molar-refractivity contribution is 7.91. The van der Waals surface area contributed by atoms with Gasteiger partial charge in [-0.15, -0.1) is 0 Å². The van der Waals surface area contributed by atoms with Gasteiger partial charge >= 0.3 is 0 Å². The van der Waals surface area contributed by atoms with E-state index in [4.69, 9.17) is 0 Å². The molecule has 2 saturated heterocycles. The average molecular weight is 303 g/mol. The topological polar surface area (TPSA) is 95.6 Å². The van der Waals surface area contributed by atoms with Crippen LogP contribution in [0.25, 0.3) is 0 Å². The molecular weight excluding hydrogens is 282 g/mol. The second kappa shape index (κ2) is 6.09. The quantitative estimate of drug-likeness (QED) is 0.661. The average Bonchev–Trinajstić information content (AvgIpc) is 2.32. The van der Waals surface area contributed by atoms with Crippen molar-refractivity contribution >= 4 is 21.7 Å². The minimum absolute atomic E-state index is 0.0173. The van der Waals surface area contributed by atoms with E-state index >= 15 is 0 Å². The van der Waals surface area contributed by atoms with Gasteiger partial charge in [0.2, 0.25) is 11.8 Å². The summed E-state index contributed by atoms with van der Waals surface area (Å²) in [6.45, 7) is 0.919. The molecule has 114 valence electrons. The molecule has 2 atom stereocenters. The number of amides is 2. The maximum absolute atomic E-state index is 11.9. The molecular formula is C12H21N3O4S. The fourth-order valence-corrected chi connectivity index (χ4v) is 4.08. The lowest BCUT2D eigenvalue weighted by Crippen LogP contribution is -2.51. The molecule has 0 aromatic rings. The first-order valence-electron chi connectivity index (χ1n) is 6.83. The third-order valence-corrected chi connectivity index (χ3v) is 5.46. The van der Waals surface area contributed by atoms with Gasteiger partial charge in [0, 0.05) is 45.1 Å². The van der Waals surface area contributed by atoms with Crippen LogP contribution in [0.15, 0.2) is 0 Å². The van der Waals surface area contributed by atoms with Crippen LogP contribution >= 0.6 is 0 Å². The molecule has 2 N–H and O–H groups in total. The zero-order chi connectivity index (χ0) is 14.8. The van der Waals surface area contributed by atoms with E-state index < -0.39 is 9.84 Å². The minimum atomic E-state index is -3.02. The first-order valence-corrected chi connectivity index (χ1v) is 8.65. The number of carbonyl (C=O) groups is 2. The molecule has 20 heavy (non-hydrogen) atoms. The van der Waals surface area contributed by atoms with Crippen molar-refractivity contribution in [2.75, 3.05) is 31.6 Å². The van der Waals surface area contributed by atoms with Gasteiger partial charge in [0.15, 0.2) is 9.84 Å². The molecule has 0 aliphatic carbocycles. The number of hydrogen-bond acceptors (Lipinski definition) is 5. The zero-order valence-corrected chi connectivity index (χ0v) is 12.4. The highest BCUT2D eigenvalue weighted by Crippen LogP contribution is 2.10. The van der Waals surface area contributed by atoms with Crippen LogP contribution in [0.4, 0.5) is 0 Å². The maximum Gasteiger partial charge on any atom is 0.222 e. The van der Waals surface area contributed by atoms with Crippen molar-refractivity contribution in [1.82, 2.24) is 15.5 Å². The standard InChI is InChI=1S/C12H21N3O4S/c1-15-7-9(2-3-12(15)17)14-11(16)6-10-8-20(18,19)5-4-13-10/h9-10,13H,2-8H2,1H3,(H,14,16). The highest BCUT2D eigenvalue weighted by Gasteiger charge is 2.28. The Balaban J connectivity index is 1.79. The van der Waals surface area contributed by atoms with E-state index in [-0.39, 0.29) is 41.8 Å². The summed E-state index contributed by atoms with van der Waals surface area (Å²) in [6, 6.07) is -0.345. The Morgan fingerprint density at radius 2 is 2.25 bits per heavy atom. The smallest absolute Gasteiger partial charge is 0.222 e. The molecule has 2 aliphatic rings. The van der Waals surface area contributed by atoms with Crippen molar-refractivity contribution in [1.29, 1.82) is 0 Å². The van der Waals surface area contributed by atoms with Crippen LogP contribution in [0.3, 0.4) is 0 Å². The predicted octanol–water partition coefficient (Wildman–Crippen LogP) is -1.50. The molecule has 8 heteroatoms. The van der Waals surface area contributed by atoms with Crippen molar-refractivity contribution in [2.24, 2.45) is 0 Å². The molecule has 0 radical (unpaired) electrons. The molecule has 2 rings (SSSR count). The predicted molar refractivity (Wildman–Crippen MR) is 73.9 cm³/mol. The lowest BCUT2D eigenvalue weighted by atomic mass is 10.1. The Labute approximate surface area is 119 Å². The molecule has 0 saturated carbocycles. The third-order valence-electron chi connectivity index (χ3n) is 3.72. The number of likely N-dealkylation sites (N-methyl/N-ethyl adjacent to an activating group) is 1. The highest BCUT2D eigenvalue weighted by atomic mass is 32.2. The van der Waals surface area contributed by atoms with Crippen molar-refractivity contribution in [3.8, 4) is 0 Å². The van der Waals surface area contributed by atoms with E-state index in [0.717, 1.165) is 0 Å². The van der Waals surface area contributed by atoms with E-state index in [9.17, 15) is 18.0 Å². The third kappa shape index (κ3) is 4.17. The number of rotatable bonds is 3. The fourth-order valence-electron chi connectivity index (χ4n) is 2.64. The van der Waals surface area contributed by atoms with Gasteiger partial charge in [-0.05, 0) is 6.42 Å². The van der Waals surface area contributed by atoms with E-state index in [0.29, 0.717) is 25.9 Å². The monoisotopic (exact) mass is 303 g/mol. The molecule has 2 unspecified atom stereocenters. The summed E-state index contributed by atoms with van der Waals surface area (Å²) in [5.74, 6) is 0.0901. The summed E-state index contributed by atoms with van der Waals surface area (Å²) in [6.07, 6.45) is 1.25. The van der Waals surface area contributed by atoms with Gasteiger partial charge in [-0.25, -0.2) is 8.42 Å². The van der Waals surface area contributed by atoms with E-state index in [1.54, 1.807) is 11.9 Å². The lowest BCUT2D eigenvalue weighted by Gasteiger charge is -2.31. The van der Waals surface area contributed by atoms with Gasteiger partial charge in [-0.3, -0.25) is 9.59 Å². The first kappa shape index (κ1) is 15.2. The van der Waals surface area contributed by atoms with Gasteiger partial charge in [0.1, 0.15) is 0 Å². The zero-order valence-electron chi connectivity index (χ0n) is 11.6. The van der Waals surface area contributed by atoms with Gasteiger partial charge in [-0.1, -0.05) is 0 Å². The van der Waals surface area contributed by atoms with Crippen LogP contribution in [0.1, 0.15) is 19.3 Å². The van der Waals surface area contributed by atoms with Crippen LogP contribution in [-0.2, 0) is 19.4 Å². The molecule has 0 aromatic heterocycles. The van der Waals surface area contributed by atoms with Crippen molar-refractivity contribution in [3.63, 3.8) is 0 Å². The van der Waals surface area contributed by atoms with Crippen LogP contribution in [0.5, 0.6) is 0 Å². The Hall–Kier alpha value is -1.15. The van der Waals surface area contributed by atoms with Crippen LogP contribution in [0.2, 0.25) is 0 Å². The maximum atomic E-state index is 11.9. The number of piperidine rings is 1. The Morgan fingerprint density at radius 1 is 1.50 bits per heavy atom. The summed E-state index contributed by atoms with van der Waals surface area (Å²) >= 11 is 0. The summed E-state index contributed by atoms with van der Waals surface area (Å²) in [5.41, 5.74) is 0. The van der Waals surface area contributed by atoms with E-state index in [1.165, 1.54) is 0 Å². The van der Waals surface area contributed by atoms with Gasteiger partial charge < -0.3 is 15.5 Å².